The number of hydrogen-bond acceptors (Lipinski definition) is 3. The van der Waals surface area contributed by atoms with E-state index in [-0.39, 0.29) is 5.54 Å². The van der Waals surface area contributed by atoms with E-state index in [1.54, 1.807) is 6.07 Å². The fourth-order valence-electron chi connectivity index (χ4n) is 2.25. The summed E-state index contributed by atoms with van der Waals surface area (Å²) in [5.41, 5.74) is 0.195. The van der Waals surface area contributed by atoms with Gasteiger partial charge in [0.1, 0.15) is 11.0 Å². The first-order chi connectivity index (χ1) is 8.79. The summed E-state index contributed by atoms with van der Waals surface area (Å²) in [6, 6.07) is 1.66. The maximum absolute atomic E-state index is 6.20. The van der Waals surface area contributed by atoms with E-state index in [1.165, 1.54) is 0 Å². The highest BCUT2D eigenvalue weighted by Gasteiger charge is 2.27. The predicted molar refractivity (Wildman–Crippen MR) is 82.8 cm³/mol. The van der Waals surface area contributed by atoms with Crippen LogP contribution in [0.15, 0.2) is 6.07 Å². The second-order valence-corrected chi connectivity index (χ2v) is 6.88. The molecule has 3 nitrogen and oxygen atoms in total. The molecule has 0 radical (unpaired) electrons. The molecule has 1 aliphatic heterocycles. The molecule has 0 bridgehead atoms. The Hall–Kier alpha value is -0.220. The maximum Gasteiger partial charge on any atom is 0.150 e. The van der Waals surface area contributed by atoms with Gasteiger partial charge < -0.3 is 4.90 Å². The van der Waals surface area contributed by atoms with Crippen molar-refractivity contribution >= 4 is 40.6 Å². The molecule has 2 heterocycles. The topological polar surface area (TPSA) is 19.4 Å². The lowest BCUT2D eigenvalue weighted by Gasteiger charge is -2.42. The van der Waals surface area contributed by atoms with Gasteiger partial charge in [-0.1, -0.05) is 34.8 Å². The highest BCUT2D eigenvalue weighted by Crippen LogP contribution is 2.32. The van der Waals surface area contributed by atoms with Gasteiger partial charge in [0, 0.05) is 31.7 Å². The second-order valence-electron chi connectivity index (χ2n) is 5.71. The van der Waals surface area contributed by atoms with Crippen LogP contribution in [0.25, 0.3) is 0 Å². The van der Waals surface area contributed by atoms with Crippen LogP contribution in [0.4, 0.5) is 5.82 Å². The van der Waals surface area contributed by atoms with Crippen molar-refractivity contribution in [3.05, 3.63) is 21.3 Å². The smallest absolute Gasteiger partial charge is 0.150 e. The Morgan fingerprint density at radius 1 is 1.00 bits per heavy atom. The number of nitrogens with zero attached hydrogens (tertiary/aromatic N) is 3. The Balaban J connectivity index is 2.12. The first kappa shape index (κ1) is 15.2. The number of hydrogen-bond donors (Lipinski definition) is 0. The van der Waals surface area contributed by atoms with Crippen LogP contribution in [0.5, 0.6) is 0 Å². The SMILES string of the molecule is CC(C)(C)N1CCN(c2nc(Cl)c(Cl)cc2Cl)CC1. The first-order valence-corrected chi connectivity index (χ1v) is 7.44. The first-order valence-electron chi connectivity index (χ1n) is 6.30. The van der Waals surface area contributed by atoms with Crippen molar-refractivity contribution in [2.45, 2.75) is 26.3 Å². The number of rotatable bonds is 1. The van der Waals surface area contributed by atoms with E-state index < -0.39 is 0 Å². The standard InChI is InChI=1S/C13H18Cl3N3/c1-13(2,3)19-6-4-18(5-7-19)12-10(15)8-9(14)11(16)17-12/h8H,4-7H2,1-3H3. The van der Waals surface area contributed by atoms with Gasteiger partial charge in [0.25, 0.3) is 0 Å². The van der Waals surface area contributed by atoms with Gasteiger partial charge in [0.05, 0.1) is 10.0 Å². The summed E-state index contributed by atoms with van der Waals surface area (Å²) in [7, 11) is 0. The van der Waals surface area contributed by atoms with Crippen LogP contribution in [0, 0.1) is 0 Å². The maximum atomic E-state index is 6.20. The normalized spacial score (nSPS) is 17.9. The van der Waals surface area contributed by atoms with Crippen molar-refractivity contribution < 1.29 is 0 Å². The molecule has 0 N–H and O–H groups in total. The Morgan fingerprint density at radius 2 is 1.58 bits per heavy atom. The van der Waals surface area contributed by atoms with Gasteiger partial charge in [-0.05, 0) is 26.8 Å². The third kappa shape index (κ3) is 3.46. The van der Waals surface area contributed by atoms with Gasteiger partial charge >= 0.3 is 0 Å². The lowest BCUT2D eigenvalue weighted by Crippen LogP contribution is -2.53. The number of aromatic nitrogens is 1. The quantitative estimate of drug-likeness (QED) is 0.730. The van der Waals surface area contributed by atoms with Gasteiger partial charge in [-0.3, -0.25) is 4.90 Å². The zero-order valence-electron chi connectivity index (χ0n) is 11.4. The van der Waals surface area contributed by atoms with E-state index in [1.807, 2.05) is 0 Å². The summed E-state index contributed by atoms with van der Waals surface area (Å²) in [4.78, 5) is 8.90. The Bertz CT molecular complexity index is 463. The molecule has 0 saturated carbocycles. The third-order valence-electron chi connectivity index (χ3n) is 3.40. The third-order valence-corrected chi connectivity index (χ3v) is 4.35. The molecule has 1 aromatic rings. The number of halogens is 3. The van der Waals surface area contributed by atoms with Crippen LogP contribution < -0.4 is 4.90 Å². The van der Waals surface area contributed by atoms with Crippen LogP contribution in [-0.2, 0) is 0 Å². The number of piperazine rings is 1. The minimum Gasteiger partial charge on any atom is -0.353 e. The van der Waals surface area contributed by atoms with E-state index >= 15 is 0 Å². The van der Waals surface area contributed by atoms with E-state index in [9.17, 15) is 0 Å². The largest absolute Gasteiger partial charge is 0.353 e. The van der Waals surface area contributed by atoms with Crippen LogP contribution in [0.2, 0.25) is 15.2 Å². The summed E-state index contributed by atoms with van der Waals surface area (Å²) >= 11 is 18.1. The average molecular weight is 323 g/mol. The lowest BCUT2D eigenvalue weighted by atomic mass is 10.1. The molecule has 2 rings (SSSR count). The van der Waals surface area contributed by atoms with Crippen LogP contribution >= 0.6 is 34.8 Å². The molecule has 0 unspecified atom stereocenters. The van der Waals surface area contributed by atoms with E-state index in [0.717, 1.165) is 32.0 Å². The fraction of sp³-hybridized carbons (Fsp3) is 0.615. The molecular formula is C13H18Cl3N3. The molecule has 0 amide bonds. The Kier molecular flexibility index (Phi) is 4.51. The van der Waals surface area contributed by atoms with Crippen LogP contribution in [0.1, 0.15) is 20.8 Å². The molecule has 6 heteroatoms. The van der Waals surface area contributed by atoms with E-state index in [2.05, 4.69) is 35.6 Å². The van der Waals surface area contributed by atoms with Crippen molar-refractivity contribution in [2.75, 3.05) is 31.1 Å². The zero-order chi connectivity index (χ0) is 14.2. The summed E-state index contributed by atoms with van der Waals surface area (Å²) < 4.78 is 0. The van der Waals surface area contributed by atoms with Gasteiger partial charge in [0.15, 0.2) is 0 Å². The van der Waals surface area contributed by atoms with Crippen molar-refractivity contribution in [1.29, 1.82) is 0 Å². The van der Waals surface area contributed by atoms with Gasteiger partial charge in [-0.25, -0.2) is 4.98 Å². The summed E-state index contributed by atoms with van der Waals surface area (Å²) in [6.45, 7) is 10.4. The minimum atomic E-state index is 0.195. The van der Waals surface area contributed by atoms with Crippen molar-refractivity contribution in [3.8, 4) is 0 Å². The molecule has 1 aliphatic rings. The molecule has 106 valence electrons. The van der Waals surface area contributed by atoms with Crippen LogP contribution in [0.3, 0.4) is 0 Å². The number of pyridine rings is 1. The van der Waals surface area contributed by atoms with Gasteiger partial charge in [-0.2, -0.15) is 0 Å². The molecule has 0 aliphatic carbocycles. The molecular weight excluding hydrogens is 305 g/mol. The Morgan fingerprint density at radius 3 is 2.11 bits per heavy atom. The summed E-state index contributed by atoms with van der Waals surface area (Å²) in [5, 5.41) is 1.25. The van der Waals surface area contributed by atoms with Gasteiger partial charge in [-0.15, -0.1) is 0 Å². The minimum absolute atomic E-state index is 0.195. The highest BCUT2D eigenvalue weighted by atomic mass is 35.5. The monoisotopic (exact) mass is 321 g/mol. The molecule has 0 spiro atoms. The molecule has 19 heavy (non-hydrogen) atoms. The molecule has 0 aromatic carbocycles. The van der Waals surface area contributed by atoms with Crippen molar-refractivity contribution in [1.82, 2.24) is 9.88 Å². The summed E-state index contributed by atoms with van der Waals surface area (Å²) in [6.07, 6.45) is 0. The average Bonchev–Trinajstić information content (AvgIpc) is 2.33. The predicted octanol–water partition coefficient (Wildman–Crippen LogP) is 3.96. The zero-order valence-corrected chi connectivity index (χ0v) is 13.6. The van der Waals surface area contributed by atoms with Crippen LogP contribution in [-0.4, -0.2) is 41.6 Å². The summed E-state index contributed by atoms with van der Waals surface area (Å²) in [5.74, 6) is 0.727. The van der Waals surface area contributed by atoms with Crippen molar-refractivity contribution in [3.63, 3.8) is 0 Å². The van der Waals surface area contributed by atoms with Gasteiger partial charge in [0.2, 0.25) is 0 Å². The molecule has 1 saturated heterocycles. The fourth-order valence-corrected chi connectivity index (χ4v) is 2.86. The van der Waals surface area contributed by atoms with Crippen molar-refractivity contribution in [2.24, 2.45) is 0 Å². The Labute approximate surface area is 129 Å². The van der Waals surface area contributed by atoms with E-state index in [0.29, 0.717) is 15.2 Å². The lowest BCUT2D eigenvalue weighted by molar-refractivity contribution is 0.128. The molecule has 1 fully saturated rings. The number of anilines is 1. The highest BCUT2D eigenvalue weighted by molar-refractivity contribution is 6.42. The van der Waals surface area contributed by atoms with E-state index in [4.69, 9.17) is 34.8 Å². The molecule has 1 aromatic heterocycles. The second kappa shape index (κ2) is 5.65. The molecule has 0 atom stereocenters.